The van der Waals surface area contributed by atoms with Crippen molar-refractivity contribution in [2.75, 3.05) is 0 Å². The van der Waals surface area contributed by atoms with Crippen molar-refractivity contribution in [1.82, 2.24) is 30.2 Å². The van der Waals surface area contributed by atoms with Crippen LogP contribution in [0.25, 0.3) is 11.3 Å². The lowest BCUT2D eigenvalue weighted by Crippen LogP contribution is -2.16. The summed E-state index contributed by atoms with van der Waals surface area (Å²) in [7, 11) is 0. The average molecular weight is 346 g/mol. The van der Waals surface area contributed by atoms with E-state index in [1.54, 1.807) is 37.3 Å². The Labute approximate surface area is 141 Å². The van der Waals surface area contributed by atoms with E-state index in [9.17, 15) is 13.2 Å². The second-order valence-electron chi connectivity index (χ2n) is 5.36. The first-order chi connectivity index (χ1) is 11.9. The second kappa shape index (κ2) is 6.42. The summed E-state index contributed by atoms with van der Waals surface area (Å²) in [5.41, 5.74) is -0.0374. The van der Waals surface area contributed by atoms with Crippen molar-refractivity contribution in [3.05, 3.63) is 66.0 Å². The minimum absolute atomic E-state index is 0.0528. The van der Waals surface area contributed by atoms with Gasteiger partial charge in [-0.05, 0) is 24.6 Å². The fourth-order valence-electron chi connectivity index (χ4n) is 2.24. The molecule has 0 fully saturated rings. The molecule has 0 amide bonds. The van der Waals surface area contributed by atoms with Crippen molar-refractivity contribution in [3.63, 3.8) is 0 Å². The van der Waals surface area contributed by atoms with Crippen LogP contribution in [-0.2, 0) is 12.6 Å². The van der Waals surface area contributed by atoms with Gasteiger partial charge in [0.25, 0.3) is 0 Å². The van der Waals surface area contributed by atoms with Gasteiger partial charge in [0.1, 0.15) is 0 Å². The Hall–Kier alpha value is -3.10. The van der Waals surface area contributed by atoms with Gasteiger partial charge in [0.2, 0.25) is 0 Å². The van der Waals surface area contributed by atoms with Crippen LogP contribution in [-0.4, -0.2) is 30.2 Å². The number of benzene rings is 1. The van der Waals surface area contributed by atoms with E-state index in [2.05, 4.69) is 32.1 Å². The Bertz CT molecular complexity index is 884. The maximum Gasteiger partial charge on any atom is 0.433 e. The van der Waals surface area contributed by atoms with E-state index in [0.717, 1.165) is 10.9 Å². The molecule has 6 nitrogen and oxygen atoms in total. The SMILES string of the molecule is C=C(C)c1nnc(Cc2cnn(-c3ccccc3)c2C(F)(F)F)nn1. The van der Waals surface area contributed by atoms with Crippen molar-refractivity contribution >= 4 is 5.57 Å². The van der Waals surface area contributed by atoms with Crippen molar-refractivity contribution < 1.29 is 13.2 Å². The standard InChI is InChI=1S/C16H13F3N6/c1-10(2)15-23-21-13(22-24-15)8-11-9-20-25(14(11)16(17,18)19)12-6-4-3-5-7-12/h3-7,9H,1,8H2,2H3. The summed E-state index contributed by atoms with van der Waals surface area (Å²) >= 11 is 0. The third-order valence-corrected chi connectivity index (χ3v) is 3.36. The molecule has 0 aliphatic carbocycles. The fourth-order valence-corrected chi connectivity index (χ4v) is 2.24. The zero-order chi connectivity index (χ0) is 18.0. The number of allylic oxidation sites excluding steroid dienone is 1. The largest absolute Gasteiger partial charge is 0.433 e. The van der Waals surface area contributed by atoms with Crippen LogP contribution in [0.5, 0.6) is 0 Å². The van der Waals surface area contributed by atoms with Gasteiger partial charge in [-0.2, -0.15) is 18.3 Å². The highest BCUT2D eigenvalue weighted by Gasteiger charge is 2.38. The zero-order valence-electron chi connectivity index (χ0n) is 13.2. The quantitative estimate of drug-likeness (QED) is 0.726. The average Bonchev–Trinajstić information content (AvgIpc) is 3.00. The number of nitrogens with zero attached hydrogens (tertiary/aromatic N) is 6. The minimum Gasteiger partial charge on any atom is -0.228 e. The summed E-state index contributed by atoms with van der Waals surface area (Å²) in [6.45, 7) is 5.34. The molecular formula is C16H13F3N6. The van der Waals surface area contributed by atoms with Crippen molar-refractivity contribution in [2.24, 2.45) is 0 Å². The Kier molecular flexibility index (Phi) is 4.30. The molecule has 128 valence electrons. The summed E-state index contributed by atoms with van der Waals surface area (Å²) in [5.74, 6) is 0.322. The van der Waals surface area contributed by atoms with Crippen LogP contribution in [0.4, 0.5) is 13.2 Å². The summed E-state index contributed by atoms with van der Waals surface area (Å²) in [6, 6.07) is 8.10. The van der Waals surface area contributed by atoms with E-state index in [4.69, 9.17) is 0 Å². The molecule has 0 bridgehead atoms. The Morgan fingerprint density at radius 3 is 2.28 bits per heavy atom. The number of alkyl halides is 3. The van der Waals surface area contributed by atoms with Crippen molar-refractivity contribution in [2.45, 2.75) is 19.5 Å². The van der Waals surface area contributed by atoms with Gasteiger partial charge in [0.15, 0.2) is 17.3 Å². The molecule has 1 aromatic carbocycles. The molecule has 0 aliphatic heterocycles. The molecule has 0 spiro atoms. The number of para-hydroxylation sites is 1. The number of hydrogen-bond acceptors (Lipinski definition) is 5. The van der Waals surface area contributed by atoms with Crippen LogP contribution in [0.1, 0.15) is 29.8 Å². The Morgan fingerprint density at radius 1 is 1.08 bits per heavy atom. The predicted molar refractivity (Wildman–Crippen MR) is 83.7 cm³/mol. The number of hydrogen-bond donors (Lipinski definition) is 0. The van der Waals surface area contributed by atoms with Gasteiger partial charge in [0, 0.05) is 12.0 Å². The molecule has 3 rings (SSSR count). The van der Waals surface area contributed by atoms with E-state index < -0.39 is 11.9 Å². The molecule has 0 unspecified atom stereocenters. The first-order valence-corrected chi connectivity index (χ1v) is 7.28. The fraction of sp³-hybridized carbons (Fsp3) is 0.188. The molecule has 2 heterocycles. The normalized spacial score (nSPS) is 11.5. The lowest BCUT2D eigenvalue weighted by atomic mass is 10.1. The second-order valence-corrected chi connectivity index (χ2v) is 5.36. The molecule has 2 aromatic heterocycles. The van der Waals surface area contributed by atoms with Crippen LogP contribution >= 0.6 is 0 Å². The summed E-state index contributed by atoms with van der Waals surface area (Å²) in [5, 5.41) is 19.1. The van der Waals surface area contributed by atoms with E-state index in [-0.39, 0.29) is 23.6 Å². The van der Waals surface area contributed by atoms with Crippen LogP contribution in [0, 0.1) is 0 Å². The third kappa shape index (κ3) is 3.54. The van der Waals surface area contributed by atoms with Crippen molar-refractivity contribution in [1.29, 1.82) is 0 Å². The maximum atomic E-state index is 13.6. The highest BCUT2D eigenvalue weighted by atomic mass is 19.4. The third-order valence-electron chi connectivity index (χ3n) is 3.36. The maximum absolute atomic E-state index is 13.6. The van der Waals surface area contributed by atoms with Gasteiger partial charge in [-0.3, -0.25) is 0 Å². The first-order valence-electron chi connectivity index (χ1n) is 7.28. The number of aromatic nitrogens is 6. The Balaban J connectivity index is 1.99. The molecule has 25 heavy (non-hydrogen) atoms. The van der Waals surface area contributed by atoms with E-state index in [0.29, 0.717) is 11.3 Å². The van der Waals surface area contributed by atoms with Gasteiger partial charge in [0.05, 0.1) is 11.9 Å². The highest BCUT2D eigenvalue weighted by molar-refractivity contribution is 5.52. The predicted octanol–water partition coefficient (Wildman–Crippen LogP) is 3.10. The smallest absolute Gasteiger partial charge is 0.228 e. The molecule has 0 N–H and O–H groups in total. The van der Waals surface area contributed by atoms with Gasteiger partial charge in [-0.25, -0.2) is 4.68 Å². The molecule has 9 heteroatoms. The lowest BCUT2D eigenvalue weighted by Gasteiger charge is -2.12. The van der Waals surface area contributed by atoms with Gasteiger partial charge >= 0.3 is 6.18 Å². The molecule has 0 saturated heterocycles. The molecule has 0 atom stereocenters. The van der Waals surface area contributed by atoms with E-state index in [1.807, 2.05) is 0 Å². The Morgan fingerprint density at radius 2 is 1.72 bits per heavy atom. The minimum atomic E-state index is -4.58. The van der Waals surface area contributed by atoms with Crippen molar-refractivity contribution in [3.8, 4) is 5.69 Å². The number of rotatable bonds is 4. The molecule has 0 radical (unpaired) electrons. The molecule has 0 saturated carbocycles. The van der Waals surface area contributed by atoms with Gasteiger partial charge < -0.3 is 0 Å². The monoisotopic (exact) mass is 346 g/mol. The lowest BCUT2D eigenvalue weighted by molar-refractivity contribution is -0.143. The molecule has 0 aliphatic rings. The van der Waals surface area contributed by atoms with Gasteiger partial charge in [-0.15, -0.1) is 20.4 Å². The summed E-state index contributed by atoms with van der Waals surface area (Å²) in [4.78, 5) is 0. The zero-order valence-corrected chi connectivity index (χ0v) is 13.2. The molecular weight excluding hydrogens is 333 g/mol. The van der Waals surface area contributed by atoms with Gasteiger partial charge in [-0.1, -0.05) is 24.8 Å². The van der Waals surface area contributed by atoms with Crippen LogP contribution in [0.3, 0.4) is 0 Å². The number of halogens is 3. The van der Waals surface area contributed by atoms with E-state index in [1.165, 1.54) is 0 Å². The van der Waals surface area contributed by atoms with E-state index >= 15 is 0 Å². The van der Waals surface area contributed by atoms with Crippen LogP contribution in [0.15, 0.2) is 43.1 Å². The topological polar surface area (TPSA) is 69.4 Å². The van der Waals surface area contributed by atoms with Crippen LogP contribution < -0.4 is 0 Å². The molecule has 3 aromatic rings. The van der Waals surface area contributed by atoms with Crippen LogP contribution in [0.2, 0.25) is 0 Å². The summed E-state index contributed by atoms with van der Waals surface area (Å²) in [6.07, 6.45) is -3.61. The first kappa shape index (κ1) is 16.7. The summed E-state index contributed by atoms with van der Waals surface area (Å²) < 4.78 is 41.5. The highest BCUT2D eigenvalue weighted by Crippen LogP contribution is 2.34.